The number of nitrogens with one attached hydrogen (secondary N) is 1. The number of aromatic amines is 1. The third-order valence-electron chi connectivity index (χ3n) is 3.87. The summed E-state index contributed by atoms with van der Waals surface area (Å²) in [5, 5.41) is 7.00. The zero-order valence-corrected chi connectivity index (χ0v) is 13.3. The molecule has 0 saturated heterocycles. The highest BCUT2D eigenvalue weighted by atomic mass is 35.5. The van der Waals surface area contributed by atoms with Crippen LogP contribution >= 0.6 is 23.2 Å². The molecule has 2 aromatic heterocycles. The van der Waals surface area contributed by atoms with Gasteiger partial charge in [0.15, 0.2) is 5.65 Å². The molecular weight excluding hydrogens is 358 g/mol. The van der Waals surface area contributed by atoms with Crippen LogP contribution in [0.3, 0.4) is 0 Å². The minimum atomic E-state index is -0.646. The van der Waals surface area contributed by atoms with E-state index in [9.17, 15) is 14.0 Å². The molecule has 3 aromatic rings. The first kappa shape index (κ1) is 15.0. The minimum Gasteiger partial charge on any atom is -0.270 e. The van der Waals surface area contributed by atoms with Gasteiger partial charge in [-0.05, 0) is 12.1 Å². The number of carbonyl (C=O) groups is 2. The lowest BCUT2D eigenvalue weighted by Crippen LogP contribution is -2.29. The number of amides is 2. The largest absolute Gasteiger partial charge is 0.270 e. The molecular formula is C15H7Cl2FN4O2. The van der Waals surface area contributed by atoms with E-state index in [-0.39, 0.29) is 33.3 Å². The Morgan fingerprint density at radius 3 is 2.75 bits per heavy atom. The van der Waals surface area contributed by atoms with Gasteiger partial charge in [-0.15, -0.1) is 0 Å². The molecule has 1 aliphatic heterocycles. The number of nitrogens with zero attached hydrogens (tertiary/aromatic N) is 3. The van der Waals surface area contributed by atoms with Crippen molar-refractivity contribution in [2.75, 3.05) is 0 Å². The first-order chi connectivity index (χ1) is 11.5. The third-order valence-corrected chi connectivity index (χ3v) is 4.71. The van der Waals surface area contributed by atoms with E-state index in [1.807, 2.05) is 0 Å². The normalized spacial score (nSPS) is 13.9. The topological polar surface area (TPSA) is 79.0 Å². The van der Waals surface area contributed by atoms with Crippen LogP contribution in [-0.2, 0) is 6.54 Å². The van der Waals surface area contributed by atoms with E-state index in [4.69, 9.17) is 23.2 Å². The number of hydrogen-bond acceptors (Lipinski definition) is 4. The molecule has 2 amide bonds. The lowest BCUT2D eigenvalue weighted by Gasteiger charge is -2.16. The van der Waals surface area contributed by atoms with E-state index in [2.05, 4.69) is 15.2 Å². The fourth-order valence-corrected chi connectivity index (χ4v) is 3.07. The van der Waals surface area contributed by atoms with Crippen molar-refractivity contribution in [1.29, 1.82) is 0 Å². The summed E-state index contributed by atoms with van der Waals surface area (Å²) in [5.41, 5.74) is 0.712. The van der Waals surface area contributed by atoms with Crippen LogP contribution in [0.25, 0.3) is 11.0 Å². The Bertz CT molecular complexity index is 1030. The quantitative estimate of drug-likeness (QED) is 0.559. The SMILES string of the molecule is O=C1c2cnc3[nH]ncc3c2C(=O)N1Cc1c(F)ccc(Cl)c1Cl. The average Bonchev–Trinajstić information content (AvgIpc) is 3.13. The number of pyridine rings is 1. The van der Waals surface area contributed by atoms with Crippen molar-refractivity contribution >= 4 is 46.0 Å². The predicted octanol–water partition coefficient (Wildman–Crippen LogP) is 3.20. The van der Waals surface area contributed by atoms with E-state index < -0.39 is 17.6 Å². The number of rotatable bonds is 2. The van der Waals surface area contributed by atoms with Gasteiger partial charge in [-0.2, -0.15) is 5.10 Å². The Kier molecular flexibility index (Phi) is 3.29. The van der Waals surface area contributed by atoms with Gasteiger partial charge < -0.3 is 0 Å². The van der Waals surface area contributed by atoms with Crippen molar-refractivity contribution < 1.29 is 14.0 Å². The van der Waals surface area contributed by atoms with E-state index >= 15 is 0 Å². The minimum absolute atomic E-state index is 0.0185. The maximum absolute atomic E-state index is 14.1. The molecule has 6 nitrogen and oxygen atoms in total. The number of imide groups is 1. The summed E-state index contributed by atoms with van der Waals surface area (Å²) in [4.78, 5) is 30.2. The second-order valence-corrected chi connectivity index (χ2v) is 5.98. The highest BCUT2D eigenvalue weighted by Gasteiger charge is 2.38. The molecule has 0 radical (unpaired) electrons. The Morgan fingerprint density at radius 1 is 1.17 bits per heavy atom. The van der Waals surface area contributed by atoms with Crippen LogP contribution < -0.4 is 0 Å². The molecule has 3 heterocycles. The molecule has 0 fully saturated rings. The summed E-state index contributed by atoms with van der Waals surface area (Å²) in [6.45, 7) is -0.323. The number of hydrogen-bond donors (Lipinski definition) is 1. The molecule has 120 valence electrons. The molecule has 0 atom stereocenters. The molecule has 9 heteroatoms. The van der Waals surface area contributed by atoms with Crippen molar-refractivity contribution in [3.8, 4) is 0 Å². The van der Waals surface area contributed by atoms with Gasteiger partial charge in [-0.3, -0.25) is 19.6 Å². The summed E-state index contributed by atoms with van der Waals surface area (Å²) in [6, 6.07) is 2.45. The van der Waals surface area contributed by atoms with Crippen LogP contribution in [0.2, 0.25) is 10.0 Å². The van der Waals surface area contributed by atoms with Crippen LogP contribution in [0, 0.1) is 5.82 Å². The van der Waals surface area contributed by atoms with Crippen LogP contribution in [0.5, 0.6) is 0 Å². The molecule has 0 aliphatic carbocycles. The molecule has 1 aliphatic rings. The standard InChI is InChI=1S/C15H7Cl2FN4O2/c16-9-1-2-10(18)8(12(9)17)5-22-14(23)7-3-19-13-6(4-20-21-13)11(7)15(22)24/h1-4H,5H2,(H,19,20,21). The van der Waals surface area contributed by atoms with Gasteiger partial charge in [-0.25, -0.2) is 9.37 Å². The first-order valence-corrected chi connectivity index (χ1v) is 7.55. The fraction of sp³-hybridized carbons (Fsp3) is 0.0667. The fourth-order valence-electron chi connectivity index (χ4n) is 2.68. The molecule has 0 bridgehead atoms. The summed E-state index contributed by atoms with van der Waals surface area (Å²) in [6.07, 6.45) is 2.72. The third kappa shape index (κ3) is 2.02. The van der Waals surface area contributed by atoms with Gasteiger partial charge in [0.2, 0.25) is 0 Å². The maximum atomic E-state index is 14.1. The molecule has 0 unspecified atom stereocenters. The number of fused-ring (bicyclic) bond motifs is 3. The Hall–Kier alpha value is -2.51. The highest BCUT2D eigenvalue weighted by molar-refractivity contribution is 6.42. The number of carbonyl (C=O) groups excluding carboxylic acids is 2. The molecule has 1 N–H and O–H groups in total. The van der Waals surface area contributed by atoms with Gasteiger partial charge in [0.05, 0.1) is 39.3 Å². The van der Waals surface area contributed by atoms with Gasteiger partial charge in [0.25, 0.3) is 11.8 Å². The highest BCUT2D eigenvalue weighted by Crippen LogP contribution is 2.33. The molecule has 4 rings (SSSR count). The second-order valence-electron chi connectivity index (χ2n) is 5.20. The maximum Gasteiger partial charge on any atom is 0.263 e. The lowest BCUT2D eigenvalue weighted by molar-refractivity contribution is 0.0641. The Labute approximate surface area is 144 Å². The first-order valence-electron chi connectivity index (χ1n) is 6.79. The Morgan fingerprint density at radius 2 is 1.96 bits per heavy atom. The molecule has 0 spiro atoms. The van der Waals surface area contributed by atoms with E-state index in [0.717, 1.165) is 11.0 Å². The number of benzene rings is 1. The van der Waals surface area contributed by atoms with E-state index in [0.29, 0.717) is 11.0 Å². The summed E-state index contributed by atoms with van der Waals surface area (Å²) >= 11 is 11.9. The van der Waals surface area contributed by atoms with Gasteiger partial charge in [0, 0.05) is 11.8 Å². The second kappa shape index (κ2) is 5.25. The number of aromatic nitrogens is 3. The van der Waals surface area contributed by atoms with Crippen molar-refractivity contribution in [3.05, 3.63) is 57.1 Å². The number of halogens is 3. The van der Waals surface area contributed by atoms with Crippen LogP contribution in [0.15, 0.2) is 24.5 Å². The lowest BCUT2D eigenvalue weighted by atomic mass is 10.1. The summed E-state index contributed by atoms with van der Waals surface area (Å²) in [5.74, 6) is -1.77. The molecule has 24 heavy (non-hydrogen) atoms. The summed E-state index contributed by atoms with van der Waals surface area (Å²) in [7, 11) is 0. The summed E-state index contributed by atoms with van der Waals surface area (Å²) < 4.78 is 14.1. The van der Waals surface area contributed by atoms with E-state index in [1.165, 1.54) is 18.5 Å². The van der Waals surface area contributed by atoms with Gasteiger partial charge in [0.1, 0.15) is 5.82 Å². The Balaban J connectivity index is 1.80. The van der Waals surface area contributed by atoms with Crippen LogP contribution in [0.1, 0.15) is 26.3 Å². The monoisotopic (exact) mass is 364 g/mol. The van der Waals surface area contributed by atoms with Crippen molar-refractivity contribution in [1.82, 2.24) is 20.1 Å². The van der Waals surface area contributed by atoms with Crippen LogP contribution in [-0.4, -0.2) is 31.9 Å². The average molecular weight is 365 g/mol. The number of H-pyrrole nitrogens is 1. The van der Waals surface area contributed by atoms with Crippen molar-refractivity contribution in [2.45, 2.75) is 6.54 Å². The van der Waals surface area contributed by atoms with E-state index in [1.54, 1.807) is 0 Å². The van der Waals surface area contributed by atoms with Gasteiger partial charge in [-0.1, -0.05) is 23.2 Å². The predicted molar refractivity (Wildman–Crippen MR) is 84.5 cm³/mol. The smallest absolute Gasteiger partial charge is 0.263 e. The van der Waals surface area contributed by atoms with Crippen molar-refractivity contribution in [3.63, 3.8) is 0 Å². The van der Waals surface area contributed by atoms with Crippen molar-refractivity contribution in [2.24, 2.45) is 0 Å². The van der Waals surface area contributed by atoms with Crippen LogP contribution in [0.4, 0.5) is 4.39 Å². The van der Waals surface area contributed by atoms with Gasteiger partial charge >= 0.3 is 0 Å². The molecule has 1 aromatic carbocycles. The molecule has 0 saturated carbocycles. The zero-order valence-electron chi connectivity index (χ0n) is 11.8. The zero-order chi connectivity index (χ0) is 17.0.